The molecule has 0 saturated heterocycles. The van der Waals surface area contributed by atoms with Crippen molar-refractivity contribution in [3.05, 3.63) is 89.5 Å². The van der Waals surface area contributed by atoms with Crippen LogP contribution < -0.4 is 10.1 Å². The fraction of sp³-hybridized carbons (Fsp3) is 0.0500. The number of carbonyl (C=O) groups is 1. The molecule has 3 nitrogen and oxygen atoms in total. The van der Waals surface area contributed by atoms with Crippen molar-refractivity contribution in [2.24, 2.45) is 0 Å². The predicted molar refractivity (Wildman–Crippen MR) is 89.8 cm³/mol. The molecule has 1 aliphatic heterocycles. The van der Waals surface area contributed by atoms with Gasteiger partial charge in [0, 0.05) is 22.9 Å². The molecule has 25 heavy (non-hydrogen) atoms. The van der Waals surface area contributed by atoms with Gasteiger partial charge in [-0.05, 0) is 24.3 Å². The van der Waals surface area contributed by atoms with Crippen LogP contribution in [-0.4, -0.2) is 5.91 Å². The molecule has 4 rings (SSSR count). The lowest BCUT2D eigenvalue weighted by Crippen LogP contribution is -2.25. The second kappa shape index (κ2) is 6.02. The average molecular weight is 337 g/mol. The van der Waals surface area contributed by atoms with Gasteiger partial charge in [-0.15, -0.1) is 0 Å². The van der Waals surface area contributed by atoms with Crippen molar-refractivity contribution in [1.29, 1.82) is 0 Å². The Kier molecular flexibility index (Phi) is 3.69. The van der Waals surface area contributed by atoms with Gasteiger partial charge in [-0.1, -0.05) is 36.4 Å². The Labute approximate surface area is 142 Å². The zero-order chi connectivity index (χ0) is 17.4. The number of benzene rings is 3. The minimum atomic E-state index is -1.01. The minimum absolute atomic E-state index is 0.199. The first kappa shape index (κ1) is 15.3. The van der Waals surface area contributed by atoms with E-state index >= 15 is 0 Å². The smallest absolute Gasteiger partial charge is 0.236 e. The van der Waals surface area contributed by atoms with Crippen LogP contribution in [0.15, 0.2) is 66.7 Å². The number of anilines is 1. The van der Waals surface area contributed by atoms with Gasteiger partial charge in [-0.25, -0.2) is 8.78 Å². The zero-order valence-corrected chi connectivity index (χ0v) is 13.0. The summed E-state index contributed by atoms with van der Waals surface area (Å²) in [6.07, 6.45) is 0. The van der Waals surface area contributed by atoms with Gasteiger partial charge in [0.05, 0.1) is 5.92 Å². The molecule has 0 spiro atoms. The number of amides is 1. The average Bonchev–Trinajstić information content (AvgIpc) is 2.62. The summed E-state index contributed by atoms with van der Waals surface area (Å²) in [6.45, 7) is 0. The number of nitrogens with one attached hydrogen (secondary N) is 1. The molecule has 1 amide bonds. The summed E-state index contributed by atoms with van der Waals surface area (Å²) >= 11 is 0. The molecule has 0 aromatic heterocycles. The van der Waals surface area contributed by atoms with Crippen LogP contribution in [0.3, 0.4) is 0 Å². The van der Waals surface area contributed by atoms with Crippen molar-refractivity contribution in [3.8, 4) is 11.5 Å². The van der Waals surface area contributed by atoms with Crippen molar-refractivity contribution in [2.45, 2.75) is 5.92 Å². The fourth-order valence-electron chi connectivity index (χ4n) is 2.98. The van der Waals surface area contributed by atoms with Crippen LogP contribution in [0.4, 0.5) is 14.5 Å². The second-order valence-corrected chi connectivity index (χ2v) is 5.73. The number of fused-ring (bicyclic) bond motifs is 2. The maximum Gasteiger partial charge on any atom is 0.236 e. The minimum Gasteiger partial charge on any atom is -0.457 e. The van der Waals surface area contributed by atoms with Gasteiger partial charge < -0.3 is 10.1 Å². The van der Waals surface area contributed by atoms with Crippen LogP contribution in [0.1, 0.15) is 17.0 Å². The number of hydrogen-bond acceptors (Lipinski definition) is 2. The van der Waals surface area contributed by atoms with E-state index in [4.69, 9.17) is 4.74 Å². The first-order valence-corrected chi connectivity index (χ1v) is 7.75. The third kappa shape index (κ3) is 2.74. The van der Waals surface area contributed by atoms with Crippen LogP contribution >= 0.6 is 0 Å². The fourth-order valence-corrected chi connectivity index (χ4v) is 2.98. The third-order valence-electron chi connectivity index (χ3n) is 4.13. The van der Waals surface area contributed by atoms with E-state index in [1.165, 1.54) is 6.07 Å². The number of ether oxygens (including phenoxy) is 1. The highest BCUT2D eigenvalue weighted by atomic mass is 19.2. The number of hydrogen-bond donors (Lipinski definition) is 1. The predicted octanol–water partition coefficient (Wildman–Crippen LogP) is 4.84. The Morgan fingerprint density at radius 3 is 2.04 bits per heavy atom. The van der Waals surface area contributed by atoms with Crippen molar-refractivity contribution in [1.82, 2.24) is 0 Å². The molecule has 0 unspecified atom stereocenters. The largest absolute Gasteiger partial charge is 0.457 e. The van der Waals surface area contributed by atoms with Crippen molar-refractivity contribution in [3.63, 3.8) is 0 Å². The molecule has 0 fully saturated rings. The molecule has 5 heteroatoms. The summed E-state index contributed by atoms with van der Waals surface area (Å²) in [5.41, 5.74) is 1.65. The van der Waals surface area contributed by atoms with Crippen LogP contribution in [-0.2, 0) is 4.79 Å². The van der Waals surface area contributed by atoms with E-state index in [2.05, 4.69) is 5.32 Å². The summed E-state index contributed by atoms with van der Waals surface area (Å²) in [7, 11) is 0. The molecule has 3 aromatic rings. The monoisotopic (exact) mass is 337 g/mol. The second-order valence-electron chi connectivity index (χ2n) is 5.73. The lowest BCUT2D eigenvalue weighted by atomic mass is 9.87. The summed E-state index contributed by atoms with van der Waals surface area (Å²) in [5.74, 6) is -1.70. The SMILES string of the molecule is O=C(Nc1ccc(F)c(F)c1)C1c2ccccc2Oc2ccccc21. The Balaban J connectivity index is 1.73. The van der Waals surface area contributed by atoms with Gasteiger partial charge in [-0.3, -0.25) is 4.79 Å². The maximum absolute atomic E-state index is 13.4. The maximum atomic E-state index is 13.4. The molecule has 0 saturated carbocycles. The van der Waals surface area contributed by atoms with Gasteiger partial charge in [0.2, 0.25) is 5.91 Å². The summed E-state index contributed by atoms with van der Waals surface area (Å²) in [4.78, 5) is 12.9. The molecule has 0 aliphatic carbocycles. The van der Waals surface area contributed by atoms with Crippen LogP contribution in [0.25, 0.3) is 0 Å². The summed E-state index contributed by atoms with van der Waals surface area (Å²) in [5, 5.41) is 2.66. The number of rotatable bonds is 2. The van der Waals surface area contributed by atoms with Gasteiger partial charge in [0.1, 0.15) is 11.5 Å². The molecule has 124 valence electrons. The number of halogens is 2. The van der Waals surface area contributed by atoms with E-state index in [1.807, 2.05) is 36.4 Å². The van der Waals surface area contributed by atoms with E-state index in [1.54, 1.807) is 12.1 Å². The molecular weight excluding hydrogens is 324 g/mol. The highest BCUT2D eigenvalue weighted by Gasteiger charge is 2.32. The van der Waals surface area contributed by atoms with Gasteiger partial charge >= 0.3 is 0 Å². The molecular formula is C20H13F2NO2. The van der Waals surface area contributed by atoms with Crippen molar-refractivity contribution >= 4 is 11.6 Å². The molecule has 0 bridgehead atoms. The standard InChI is InChI=1S/C20H13F2NO2/c21-15-10-9-12(11-16(15)22)23-20(24)19-13-5-1-3-7-17(13)25-18-8-4-2-6-14(18)19/h1-11,19H,(H,23,24). The number of carbonyl (C=O) groups excluding carboxylic acids is 1. The van der Waals surface area contributed by atoms with Gasteiger partial charge in [-0.2, -0.15) is 0 Å². The third-order valence-corrected chi connectivity index (χ3v) is 4.13. The first-order valence-electron chi connectivity index (χ1n) is 7.75. The Bertz CT molecular complexity index is 926. The Morgan fingerprint density at radius 1 is 0.840 bits per heavy atom. The highest BCUT2D eigenvalue weighted by Crippen LogP contribution is 2.44. The first-order chi connectivity index (χ1) is 12.1. The molecule has 0 atom stereocenters. The van der Waals surface area contributed by atoms with Crippen molar-refractivity contribution < 1.29 is 18.3 Å². The summed E-state index contributed by atoms with van der Waals surface area (Å²) < 4.78 is 32.3. The van der Waals surface area contributed by atoms with E-state index in [0.29, 0.717) is 11.5 Å². The van der Waals surface area contributed by atoms with Crippen LogP contribution in [0.5, 0.6) is 11.5 Å². The highest BCUT2D eigenvalue weighted by molar-refractivity contribution is 5.99. The van der Waals surface area contributed by atoms with E-state index in [0.717, 1.165) is 23.3 Å². The topological polar surface area (TPSA) is 38.3 Å². The Morgan fingerprint density at radius 2 is 1.44 bits per heavy atom. The zero-order valence-electron chi connectivity index (χ0n) is 13.0. The van der Waals surface area contributed by atoms with E-state index in [9.17, 15) is 13.6 Å². The van der Waals surface area contributed by atoms with Crippen molar-refractivity contribution in [2.75, 3.05) is 5.32 Å². The molecule has 1 N–H and O–H groups in total. The Hall–Kier alpha value is -3.21. The van der Waals surface area contributed by atoms with E-state index in [-0.39, 0.29) is 11.6 Å². The molecule has 1 aliphatic rings. The molecule has 3 aromatic carbocycles. The van der Waals surface area contributed by atoms with Gasteiger partial charge in [0.15, 0.2) is 11.6 Å². The quantitative estimate of drug-likeness (QED) is 0.726. The normalized spacial score (nSPS) is 12.7. The van der Waals surface area contributed by atoms with Crippen LogP contribution in [0.2, 0.25) is 0 Å². The lowest BCUT2D eigenvalue weighted by molar-refractivity contribution is -0.116. The molecule has 0 radical (unpaired) electrons. The van der Waals surface area contributed by atoms with Gasteiger partial charge in [0.25, 0.3) is 0 Å². The number of para-hydroxylation sites is 2. The lowest BCUT2D eigenvalue weighted by Gasteiger charge is -2.27. The summed E-state index contributed by atoms with van der Waals surface area (Å²) in [6, 6.07) is 17.8. The van der Waals surface area contributed by atoms with E-state index < -0.39 is 17.6 Å². The van der Waals surface area contributed by atoms with Crippen LogP contribution in [0, 0.1) is 11.6 Å². The molecule has 1 heterocycles.